The number of carbonyl (C=O) groups excluding carboxylic acids is 2. The first-order valence-electron chi connectivity index (χ1n) is 9.94. The van der Waals surface area contributed by atoms with Crippen LogP contribution < -0.4 is 15.4 Å². The summed E-state index contributed by atoms with van der Waals surface area (Å²) in [5, 5.41) is 18.9. The average molecular weight is 423 g/mol. The summed E-state index contributed by atoms with van der Waals surface area (Å²) in [5.74, 6) is 0.661. The molecule has 0 unspecified atom stereocenters. The minimum Gasteiger partial charge on any atom is -0.508 e. The molecule has 2 aromatic carbocycles. The van der Waals surface area contributed by atoms with Crippen molar-refractivity contribution in [3.63, 3.8) is 0 Å². The SMILES string of the molecule is Cc1noc(C)c1COc1ccccc1C(=O)NCCCNC(=O)c1cccc(O)c1. The van der Waals surface area contributed by atoms with Gasteiger partial charge < -0.3 is 25.0 Å². The van der Waals surface area contributed by atoms with Crippen molar-refractivity contribution >= 4 is 11.8 Å². The molecule has 3 N–H and O–H groups in total. The fraction of sp³-hybridized carbons (Fsp3) is 0.261. The van der Waals surface area contributed by atoms with E-state index in [1.807, 2.05) is 13.8 Å². The van der Waals surface area contributed by atoms with E-state index in [4.69, 9.17) is 9.26 Å². The van der Waals surface area contributed by atoms with Gasteiger partial charge in [0.1, 0.15) is 23.9 Å². The molecule has 0 aliphatic heterocycles. The van der Waals surface area contributed by atoms with Crippen LogP contribution in [-0.4, -0.2) is 35.2 Å². The quantitative estimate of drug-likeness (QED) is 0.456. The Hall–Kier alpha value is -3.81. The van der Waals surface area contributed by atoms with Gasteiger partial charge in [0.05, 0.1) is 16.8 Å². The zero-order chi connectivity index (χ0) is 22.2. The second-order valence-electron chi connectivity index (χ2n) is 7.00. The smallest absolute Gasteiger partial charge is 0.255 e. The van der Waals surface area contributed by atoms with Crippen LogP contribution in [0.15, 0.2) is 53.1 Å². The van der Waals surface area contributed by atoms with Gasteiger partial charge in [-0.2, -0.15) is 0 Å². The minimum atomic E-state index is -0.278. The van der Waals surface area contributed by atoms with Crippen LogP contribution in [0.25, 0.3) is 0 Å². The van der Waals surface area contributed by atoms with Crippen LogP contribution in [-0.2, 0) is 6.61 Å². The summed E-state index contributed by atoms with van der Waals surface area (Å²) in [6.45, 7) is 4.69. The summed E-state index contributed by atoms with van der Waals surface area (Å²) in [6.07, 6.45) is 0.554. The maximum absolute atomic E-state index is 12.6. The van der Waals surface area contributed by atoms with Gasteiger partial charge in [0.15, 0.2) is 0 Å². The molecule has 0 saturated carbocycles. The lowest BCUT2D eigenvalue weighted by Gasteiger charge is -2.12. The van der Waals surface area contributed by atoms with Crippen LogP contribution in [0.5, 0.6) is 11.5 Å². The Morgan fingerprint density at radius 2 is 1.77 bits per heavy atom. The number of ether oxygens (including phenoxy) is 1. The van der Waals surface area contributed by atoms with E-state index >= 15 is 0 Å². The Bertz CT molecular complexity index is 1040. The van der Waals surface area contributed by atoms with Gasteiger partial charge in [0.2, 0.25) is 0 Å². The van der Waals surface area contributed by atoms with Crippen LogP contribution >= 0.6 is 0 Å². The monoisotopic (exact) mass is 423 g/mol. The molecule has 1 heterocycles. The van der Waals surface area contributed by atoms with Crippen LogP contribution in [0.1, 0.15) is 44.2 Å². The molecule has 31 heavy (non-hydrogen) atoms. The first kappa shape index (κ1) is 21.9. The Morgan fingerprint density at radius 1 is 1.03 bits per heavy atom. The number of aromatic nitrogens is 1. The number of benzene rings is 2. The third kappa shape index (κ3) is 5.85. The number of aromatic hydroxyl groups is 1. The molecule has 3 aromatic rings. The van der Waals surface area contributed by atoms with Gasteiger partial charge >= 0.3 is 0 Å². The van der Waals surface area contributed by atoms with E-state index < -0.39 is 0 Å². The molecule has 0 atom stereocenters. The zero-order valence-electron chi connectivity index (χ0n) is 17.5. The van der Waals surface area contributed by atoms with Gasteiger partial charge in [0.25, 0.3) is 11.8 Å². The third-order valence-electron chi connectivity index (χ3n) is 4.72. The molecular weight excluding hydrogens is 398 g/mol. The summed E-state index contributed by atoms with van der Waals surface area (Å²) in [7, 11) is 0. The normalized spacial score (nSPS) is 10.5. The highest BCUT2D eigenvalue weighted by Gasteiger charge is 2.14. The first-order chi connectivity index (χ1) is 15.0. The molecule has 2 amide bonds. The first-order valence-corrected chi connectivity index (χ1v) is 9.94. The fourth-order valence-electron chi connectivity index (χ4n) is 2.97. The van der Waals surface area contributed by atoms with Crippen molar-refractivity contribution in [1.29, 1.82) is 0 Å². The number of amides is 2. The van der Waals surface area contributed by atoms with Crippen LogP contribution in [0.4, 0.5) is 0 Å². The van der Waals surface area contributed by atoms with Crippen molar-refractivity contribution in [3.8, 4) is 11.5 Å². The number of carbonyl (C=O) groups is 2. The fourth-order valence-corrected chi connectivity index (χ4v) is 2.97. The van der Waals surface area contributed by atoms with Crippen LogP contribution in [0.2, 0.25) is 0 Å². The Morgan fingerprint density at radius 3 is 2.48 bits per heavy atom. The van der Waals surface area contributed by atoms with Gasteiger partial charge in [-0.15, -0.1) is 0 Å². The second kappa shape index (κ2) is 10.3. The lowest BCUT2D eigenvalue weighted by Crippen LogP contribution is -2.30. The molecule has 8 heteroatoms. The van der Waals surface area contributed by atoms with E-state index in [1.54, 1.807) is 36.4 Å². The number of nitrogens with one attached hydrogen (secondary N) is 2. The van der Waals surface area contributed by atoms with Crippen molar-refractivity contribution in [2.45, 2.75) is 26.9 Å². The average Bonchev–Trinajstić information content (AvgIpc) is 3.09. The van der Waals surface area contributed by atoms with Gasteiger partial charge in [-0.25, -0.2) is 0 Å². The number of nitrogens with zero attached hydrogens (tertiary/aromatic N) is 1. The molecular formula is C23H25N3O5. The van der Waals surface area contributed by atoms with E-state index in [0.29, 0.717) is 42.1 Å². The molecule has 8 nitrogen and oxygen atoms in total. The third-order valence-corrected chi connectivity index (χ3v) is 4.72. The second-order valence-corrected chi connectivity index (χ2v) is 7.00. The molecule has 0 radical (unpaired) electrons. The van der Waals surface area contributed by atoms with Crippen LogP contribution in [0.3, 0.4) is 0 Å². The Balaban J connectivity index is 1.47. The van der Waals surface area contributed by atoms with E-state index in [1.165, 1.54) is 12.1 Å². The predicted octanol–water partition coefficient (Wildman–Crippen LogP) is 3.13. The standard InChI is InChI=1S/C23H25N3O5/c1-15-20(16(2)31-26-15)14-30-21-10-4-3-9-19(21)23(29)25-12-6-11-24-22(28)17-7-5-8-18(27)13-17/h3-5,7-10,13,27H,6,11-12,14H2,1-2H3,(H,24,28)(H,25,29). The highest BCUT2D eigenvalue weighted by Crippen LogP contribution is 2.21. The molecule has 0 bridgehead atoms. The molecule has 162 valence electrons. The topological polar surface area (TPSA) is 114 Å². The van der Waals surface area contributed by atoms with Crippen LogP contribution in [0, 0.1) is 13.8 Å². The number of hydrogen-bond donors (Lipinski definition) is 3. The van der Waals surface area contributed by atoms with E-state index in [-0.39, 0.29) is 24.2 Å². The van der Waals surface area contributed by atoms with Crippen molar-refractivity contribution in [1.82, 2.24) is 15.8 Å². The van der Waals surface area contributed by atoms with Gasteiger partial charge in [-0.3, -0.25) is 9.59 Å². The lowest BCUT2D eigenvalue weighted by molar-refractivity contribution is 0.0948. The Labute approximate surface area is 180 Å². The lowest BCUT2D eigenvalue weighted by atomic mass is 10.1. The van der Waals surface area contributed by atoms with Crippen molar-refractivity contribution in [2.24, 2.45) is 0 Å². The maximum Gasteiger partial charge on any atom is 0.255 e. The molecule has 0 saturated heterocycles. The molecule has 0 spiro atoms. The maximum atomic E-state index is 12.6. The van der Waals surface area contributed by atoms with E-state index in [0.717, 1.165) is 11.3 Å². The summed E-state index contributed by atoms with van der Waals surface area (Å²) >= 11 is 0. The number of phenols is 1. The predicted molar refractivity (Wildman–Crippen MR) is 114 cm³/mol. The molecule has 0 aliphatic rings. The van der Waals surface area contributed by atoms with Crippen molar-refractivity contribution < 1.29 is 24.0 Å². The number of rotatable bonds is 9. The van der Waals surface area contributed by atoms with Crippen molar-refractivity contribution in [2.75, 3.05) is 13.1 Å². The van der Waals surface area contributed by atoms with E-state index in [2.05, 4.69) is 15.8 Å². The summed E-state index contributed by atoms with van der Waals surface area (Å²) in [5.41, 5.74) is 2.43. The van der Waals surface area contributed by atoms with E-state index in [9.17, 15) is 14.7 Å². The zero-order valence-corrected chi connectivity index (χ0v) is 17.5. The molecule has 1 aromatic heterocycles. The number of aryl methyl sites for hydroxylation is 2. The highest BCUT2D eigenvalue weighted by molar-refractivity contribution is 5.97. The van der Waals surface area contributed by atoms with Crippen molar-refractivity contribution in [3.05, 3.63) is 76.7 Å². The largest absolute Gasteiger partial charge is 0.508 e. The van der Waals surface area contributed by atoms with Gasteiger partial charge in [0, 0.05) is 18.7 Å². The molecule has 3 rings (SSSR count). The minimum absolute atomic E-state index is 0.0372. The molecule has 0 aliphatic carbocycles. The molecule has 0 fully saturated rings. The summed E-state index contributed by atoms with van der Waals surface area (Å²) in [6, 6.07) is 13.1. The highest BCUT2D eigenvalue weighted by atomic mass is 16.5. The summed E-state index contributed by atoms with van der Waals surface area (Å²) < 4.78 is 11.0. The summed E-state index contributed by atoms with van der Waals surface area (Å²) in [4.78, 5) is 24.6. The number of hydrogen-bond acceptors (Lipinski definition) is 6. The van der Waals surface area contributed by atoms with Gasteiger partial charge in [-0.05, 0) is 50.6 Å². The van der Waals surface area contributed by atoms with Gasteiger partial charge in [-0.1, -0.05) is 23.4 Å². The number of para-hydroxylation sites is 1. The Kier molecular flexibility index (Phi) is 7.26. The number of phenolic OH excluding ortho intramolecular Hbond substituents is 1.